The van der Waals surface area contributed by atoms with Crippen molar-refractivity contribution in [3.05, 3.63) is 11.1 Å². The fourth-order valence-corrected chi connectivity index (χ4v) is 2.00. The van der Waals surface area contributed by atoms with Crippen molar-refractivity contribution in [2.75, 3.05) is 23.9 Å². The van der Waals surface area contributed by atoms with Crippen LogP contribution in [-0.2, 0) is 0 Å². The minimum absolute atomic E-state index is 1.04. The van der Waals surface area contributed by atoms with Crippen molar-refractivity contribution < 1.29 is 0 Å². The SMILES string of the molecule is CSCCCNc1nc(C)cs1. The molecule has 4 heteroatoms. The molecule has 0 aliphatic carbocycles. The van der Waals surface area contributed by atoms with Crippen LogP contribution in [0.3, 0.4) is 0 Å². The van der Waals surface area contributed by atoms with E-state index in [1.165, 1.54) is 12.2 Å². The first-order valence-electron chi connectivity index (χ1n) is 3.98. The smallest absolute Gasteiger partial charge is 0.182 e. The van der Waals surface area contributed by atoms with Gasteiger partial charge in [-0.15, -0.1) is 11.3 Å². The first-order valence-corrected chi connectivity index (χ1v) is 6.25. The van der Waals surface area contributed by atoms with E-state index >= 15 is 0 Å². The van der Waals surface area contributed by atoms with E-state index in [2.05, 4.69) is 21.9 Å². The Balaban J connectivity index is 2.15. The summed E-state index contributed by atoms with van der Waals surface area (Å²) in [5.41, 5.74) is 1.10. The van der Waals surface area contributed by atoms with Gasteiger partial charge in [0, 0.05) is 11.9 Å². The van der Waals surface area contributed by atoms with Gasteiger partial charge in [-0.05, 0) is 25.4 Å². The van der Waals surface area contributed by atoms with Crippen LogP contribution in [-0.4, -0.2) is 23.5 Å². The van der Waals surface area contributed by atoms with Gasteiger partial charge in [-0.25, -0.2) is 4.98 Å². The summed E-state index contributed by atoms with van der Waals surface area (Å²) >= 11 is 3.56. The van der Waals surface area contributed by atoms with Crippen LogP contribution in [0.15, 0.2) is 5.38 Å². The van der Waals surface area contributed by atoms with E-state index in [9.17, 15) is 0 Å². The van der Waals surface area contributed by atoms with Gasteiger partial charge in [0.15, 0.2) is 5.13 Å². The molecule has 0 aromatic carbocycles. The molecular formula is C8H14N2S2. The number of rotatable bonds is 5. The van der Waals surface area contributed by atoms with E-state index in [1.54, 1.807) is 11.3 Å². The van der Waals surface area contributed by atoms with Crippen LogP contribution in [0.5, 0.6) is 0 Å². The fourth-order valence-electron chi connectivity index (χ4n) is 0.847. The van der Waals surface area contributed by atoms with Gasteiger partial charge in [0.25, 0.3) is 0 Å². The van der Waals surface area contributed by atoms with Crippen molar-refractivity contribution in [3.8, 4) is 0 Å². The number of aromatic nitrogens is 1. The van der Waals surface area contributed by atoms with Gasteiger partial charge < -0.3 is 5.32 Å². The molecule has 0 bridgehead atoms. The van der Waals surface area contributed by atoms with Crippen molar-refractivity contribution in [2.24, 2.45) is 0 Å². The van der Waals surface area contributed by atoms with Crippen LogP contribution >= 0.6 is 23.1 Å². The average molecular weight is 202 g/mol. The molecule has 0 saturated carbocycles. The van der Waals surface area contributed by atoms with Gasteiger partial charge in [-0.2, -0.15) is 11.8 Å². The zero-order valence-corrected chi connectivity index (χ0v) is 9.10. The molecule has 1 rings (SSSR count). The Morgan fingerprint density at radius 2 is 2.50 bits per heavy atom. The Morgan fingerprint density at radius 1 is 1.67 bits per heavy atom. The average Bonchev–Trinajstić information content (AvgIpc) is 2.45. The van der Waals surface area contributed by atoms with Crippen LogP contribution < -0.4 is 5.32 Å². The van der Waals surface area contributed by atoms with Gasteiger partial charge in [0.1, 0.15) is 0 Å². The van der Waals surface area contributed by atoms with E-state index in [4.69, 9.17) is 0 Å². The number of anilines is 1. The van der Waals surface area contributed by atoms with E-state index in [1.807, 2.05) is 18.7 Å². The van der Waals surface area contributed by atoms with Crippen LogP contribution in [0.1, 0.15) is 12.1 Å². The van der Waals surface area contributed by atoms with Gasteiger partial charge in [0.05, 0.1) is 5.69 Å². The topological polar surface area (TPSA) is 24.9 Å². The summed E-state index contributed by atoms with van der Waals surface area (Å²) in [7, 11) is 0. The largest absolute Gasteiger partial charge is 0.361 e. The highest BCUT2D eigenvalue weighted by Gasteiger charge is 1.95. The number of hydrogen-bond donors (Lipinski definition) is 1. The maximum Gasteiger partial charge on any atom is 0.182 e. The molecule has 0 aliphatic rings. The second kappa shape index (κ2) is 5.43. The molecule has 0 aliphatic heterocycles. The van der Waals surface area contributed by atoms with Crippen molar-refractivity contribution in [3.63, 3.8) is 0 Å². The monoisotopic (exact) mass is 202 g/mol. The van der Waals surface area contributed by atoms with Gasteiger partial charge >= 0.3 is 0 Å². The first kappa shape index (κ1) is 9.86. The summed E-state index contributed by atoms with van der Waals surface area (Å²) in [6.45, 7) is 3.05. The number of nitrogens with one attached hydrogen (secondary N) is 1. The molecule has 1 aromatic heterocycles. The summed E-state index contributed by atoms with van der Waals surface area (Å²) in [5, 5.41) is 6.41. The van der Waals surface area contributed by atoms with Crippen molar-refractivity contribution >= 4 is 28.2 Å². The summed E-state index contributed by atoms with van der Waals surface area (Å²) < 4.78 is 0. The van der Waals surface area contributed by atoms with Crippen molar-refractivity contribution in [1.82, 2.24) is 4.98 Å². The third-order valence-electron chi connectivity index (χ3n) is 1.42. The maximum absolute atomic E-state index is 4.31. The second-order valence-electron chi connectivity index (χ2n) is 2.57. The molecule has 0 amide bonds. The van der Waals surface area contributed by atoms with Crippen molar-refractivity contribution in [2.45, 2.75) is 13.3 Å². The van der Waals surface area contributed by atoms with Gasteiger partial charge in [0.2, 0.25) is 0 Å². The van der Waals surface area contributed by atoms with Gasteiger partial charge in [-0.3, -0.25) is 0 Å². The molecular weight excluding hydrogens is 188 g/mol. The lowest BCUT2D eigenvalue weighted by Crippen LogP contribution is -2.01. The Morgan fingerprint density at radius 3 is 3.08 bits per heavy atom. The minimum Gasteiger partial charge on any atom is -0.361 e. The zero-order chi connectivity index (χ0) is 8.81. The number of aryl methyl sites for hydroxylation is 1. The summed E-state index contributed by atoms with van der Waals surface area (Å²) in [6, 6.07) is 0. The summed E-state index contributed by atoms with van der Waals surface area (Å²) in [5.74, 6) is 1.22. The lowest BCUT2D eigenvalue weighted by molar-refractivity contribution is 0.987. The summed E-state index contributed by atoms with van der Waals surface area (Å²) in [6.07, 6.45) is 3.34. The third-order valence-corrected chi connectivity index (χ3v) is 3.04. The van der Waals surface area contributed by atoms with Crippen molar-refractivity contribution in [1.29, 1.82) is 0 Å². The number of nitrogens with zero attached hydrogens (tertiary/aromatic N) is 1. The Labute approximate surface area is 81.8 Å². The van der Waals surface area contributed by atoms with Crippen LogP contribution in [0.4, 0.5) is 5.13 Å². The molecule has 0 atom stereocenters. The van der Waals surface area contributed by atoms with E-state index in [-0.39, 0.29) is 0 Å². The first-order chi connectivity index (χ1) is 5.83. The highest BCUT2D eigenvalue weighted by Crippen LogP contribution is 2.14. The fraction of sp³-hybridized carbons (Fsp3) is 0.625. The predicted octanol–water partition coefficient (Wildman–Crippen LogP) is 2.62. The number of thiazole rings is 1. The Hall–Kier alpha value is -0.220. The van der Waals surface area contributed by atoms with E-state index < -0.39 is 0 Å². The standard InChI is InChI=1S/C8H14N2S2/c1-7-6-12-8(10-7)9-4-3-5-11-2/h6H,3-5H2,1-2H3,(H,9,10). The number of thioether (sulfide) groups is 1. The maximum atomic E-state index is 4.31. The predicted molar refractivity (Wildman–Crippen MR) is 58.3 cm³/mol. The molecule has 1 heterocycles. The van der Waals surface area contributed by atoms with Crippen LogP contribution in [0.2, 0.25) is 0 Å². The second-order valence-corrected chi connectivity index (χ2v) is 4.41. The lowest BCUT2D eigenvalue weighted by atomic mass is 10.5. The Kier molecular flexibility index (Phi) is 4.46. The lowest BCUT2D eigenvalue weighted by Gasteiger charge is -1.99. The zero-order valence-electron chi connectivity index (χ0n) is 7.46. The number of hydrogen-bond acceptors (Lipinski definition) is 4. The molecule has 12 heavy (non-hydrogen) atoms. The van der Waals surface area contributed by atoms with Crippen LogP contribution in [0, 0.1) is 6.92 Å². The molecule has 1 N–H and O–H groups in total. The molecule has 0 radical (unpaired) electrons. The summed E-state index contributed by atoms with van der Waals surface area (Å²) in [4.78, 5) is 4.31. The van der Waals surface area contributed by atoms with Crippen LogP contribution in [0.25, 0.3) is 0 Å². The molecule has 0 saturated heterocycles. The minimum atomic E-state index is 1.04. The highest BCUT2D eigenvalue weighted by atomic mass is 32.2. The van der Waals surface area contributed by atoms with Gasteiger partial charge in [-0.1, -0.05) is 0 Å². The normalized spacial score (nSPS) is 10.2. The quantitative estimate of drug-likeness (QED) is 0.743. The molecule has 1 aromatic rings. The van der Waals surface area contributed by atoms with E-state index in [0.717, 1.165) is 17.4 Å². The molecule has 0 unspecified atom stereocenters. The third kappa shape index (κ3) is 3.45. The Bertz CT molecular complexity index is 223. The molecule has 0 fully saturated rings. The molecule has 2 nitrogen and oxygen atoms in total. The van der Waals surface area contributed by atoms with E-state index in [0.29, 0.717) is 0 Å². The molecule has 68 valence electrons. The molecule has 0 spiro atoms. The highest BCUT2D eigenvalue weighted by molar-refractivity contribution is 7.98.